The van der Waals surface area contributed by atoms with E-state index in [1.54, 1.807) is 6.08 Å². The molecule has 0 spiro atoms. The third-order valence-electron chi connectivity index (χ3n) is 1.88. The van der Waals surface area contributed by atoms with Gasteiger partial charge in [0.1, 0.15) is 0 Å². The number of nitrogens with zero attached hydrogens (tertiary/aromatic N) is 1. The third-order valence-corrected chi connectivity index (χ3v) is 1.88. The van der Waals surface area contributed by atoms with Crippen LogP contribution >= 0.6 is 0 Å². The zero-order valence-corrected chi connectivity index (χ0v) is 6.44. The molecule has 0 unspecified atom stereocenters. The average molecular weight is 163 g/mol. The maximum absolute atomic E-state index is 9.20. The number of hydrogen-bond acceptors (Lipinski definition) is 3. The minimum absolute atomic E-state index is 0.0127. The molecule has 0 fully saturated rings. The monoisotopic (exact) mass is 163 g/mol. The quantitative estimate of drug-likeness (QED) is 0.570. The van der Waals surface area contributed by atoms with E-state index >= 15 is 0 Å². The second kappa shape index (κ2) is 2.44. The molecule has 12 heavy (non-hydrogen) atoms. The van der Waals surface area contributed by atoms with Crippen molar-refractivity contribution < 1.29 is 10.2 Å². The highest BCUT2D eigenvalue weighted by Gasteiger charge is 2.16. The zero-order chi connectivity index (χ0) is 8.55. The number of rotatable bonds is 0. The average Bonchev–Trinajstić information content (AvgIpc) is 2.07. The number of fused-ring (bicyclic) bond motifs is 1. The van der Waals surface area contributed by atoms with Crippen molar-refractivity contribution in [1.82, 2.24) is 4.90 Å². The molecule has 2 heterocycles. The van der Waals surface area contributed by atoms with Crippen molar-refractivity contribution in [2.45, 2.75) is 0 Å². The summed E-state index contributed by atoms with van der Waals surface area (Å²) >= 11 is 0. The molecule has 0 atom stereocenters. The van der Waals surface area contributed by atoms with Crippen molar-refractivity contribution in [2.75, 3.05) is 6.54 Å². The molecule has 62 valence electrons. The molecule has 3 nitrogen and oxygen atoms in total. The molecule has 0 saturated heterocycles. The van der Waals surface area contributed by atoms with Gasteiger partial charge in [-0.2, -0.15) is 0 Å². The Morgan fingerprint density at radius 3 is 2.92 bits per heavy atom. The van der Waals surface area contributed by atoms with Gasteiger partial charge < -0.3 is 15.1 Å². The van der Waals surface area contributed by atoms with Crippen LogP contribution in [0.5, 0.6) is 0 Å². The smallest absolute Gasteiger partial charge is 0.157 e. The van der Waals surface area contributed by atoms with Crippen molar-refractivity contribution >= 4 is 0 Å². The second-order valence-corrected chi connectivity index (χ2v) is 2.73. The SMILES string of the molecule is OC1=C(O)CN2C=CC=CC2=C1. The van der Waals surface area contributed by atoms with Crippen LogP contribution in [0.25, 0.3) is 0 Å². The topological polar surface area (TPSA) is 43.7 Å². The Morgan fingerprint density at radius 2 is 2.08 bits per heavy atom. The molecule has 0 saturated carbocycles. The van der Waals surface area contributed by atoms with E-state index in [4.69, 9.17) is 0 Å². The summed E-state index contributed by atoms with van der Waals surface area (Å²) in [6.07, 6.45) is 9.04. The molecule has 3 heteroatoms. The van der Waals surface area contributed by atoms with E-state index < -0.39 is 0 Å². The summed E-state index contributed by atoms with van der Waals surface area (Å²) in [6.45, 7) is 0.346. The maximum Gasteiger partial charge on any atom is 0.157 e. The van der Waals surface area contributed by atoms with Crippen LogP contribution < -0.4 is 0 Å². The fourth-order valence-corrected chi connectivity index (χ4v) is 1.23. The van der Waals surface area contributed by atoms with E-state index in [9.17, 15) is 10.2 Å². The Morgan fingerprint density at radius 1 is 1.25 bits per heavy atom. The highest BCUT2D eigenvalue weighted by atomic mass is 16.3. The number of aliphatic hydroxyl groups excluding tert-OH is 2. The fraction of sp³-hybridized carbons (Fsp3) is 0.111. The first kappa shape index (κ1) is 7.03. The van der Waals surface area contributed by atoms with E-state index in [0.717, 1.165) is 5.70 Å². The van der Waals surface area contributed by atoms with Crippen LogP contribution in [0, 0.1) is 0 Å². The molecule has 0 amide bonds. The molecule has 0 aromatic carbocycles. The zero-order valence-electron chi connectivity index (χ0n) is 6.44. The Hall–Kier alpha value is -1.64. The lowest BCUT2D eigenvalue weighted by molar-refractivity contribution is 0.287. The Labute approximate surface area is 70.2 Å². The van der Waals surface area contributed by atoms with E-state index in [2.05, 4.69) is 0 Å². The molecular formula is C9H9NO2. The third kappa shape index (κ3) is 0.993. The van der Waals surface area contributed by atoms with Gasteiger partial charge in [-0.15, -0.1) is 0 Å². The van der Waals surface area contributed by atoms with Crippen LogP contribution in [0.3, 0.4) is 0 Å². The standard InChI is InChI=1S/C9H9NO2/c11-8-5-7-3-1-2-4-10(7)6-9(8)12/h1-5,11-12H,6H2. The Bertz CT molecular complexity index is 323. The minimum atomic E-state index is -0.0406. The van der Waals surface area contributed by atoms with E-state index in [1.165, 1.54) is 0 Å². The van der Waals surface area contributed by atoms with Gasteiger partial charge in [-0.3, -0.25) is 0 Å². The summed E-state index contributed by atoms with van der Waals surface area (Å²) in [6, 6.07) is 0. The molecule has 2 aliphatic heterocycles. The molecule has 2 N–H and O–H groups in total. The van der Waals surface area contributed by atoms with Gasteiger partial charge in [-0.1, -0.05) is 6.08 Å². The van der Waals surface area contributed by atoms with Gasteiger partial charge in [-0.25, -0.2) is 0 Å². The highest BCUT2D eigenvalue weighted by molar-refractivity contribution is 5.37. The minimum Gasteiger partial charge on any atom is -0.507 e. The van der Waals surface area contributed by atoms with Crippen LogP contribution in [0.4, 0.5) is 0 Å². The molecule has 0 aromatic rings. The van der Waals surface area contributed by atoms with Crippen LogP contribution in [0.2, 0.25) is 0 Å². The molecule has 0 aliphatic carbocycles. The van der Waals surface area contributed by atoms with Gasteiger partial charge in [0.05, 0.1) is 6.54 Å². The molecule has 0 aromatic heterocycles. The van der Waals surface area contributed by atoms with Crippen molar-refractivity contribution in [3.63, 3.8) is 0 Å². The van der Waals surface area contributed by atoms with Gasteiger partial charge in [0, 0.05) is 18.0 Å². The molecule has 2 aliphatic rings. The number of hydrogen-bond donors (Lipinski definition) is 2. The first-order valence-corrected chi connectivity index (χ1v) is 3.71. The van der Waals surface area contributed by atoms with Gasteiger partial charge in [0.15, 0.2) is 11.5 Å². The van der Waals surface area contributed by atoms with E-state index in [1.807, 2.05) is 29.3 Å². The predicted octanol–water partition coefficient (Wildman–Crippen LogP) is 1.60. The summed E-state index contributed by atoms with van der Waals surface area (Å²) in [7, 11) is 0. The number of allylic oxidation sites excluding steroid dienone is 4. The predicted molar refractivity (Wildman–Crippen MR) is 45.4 cm³/mol. The van der Waals surface area contributed by atoms with Crippen molar-refractivity contribution in [2.24, 2.45) is 0 Å². The highest BCUT2D eigenvalue weighted by Crippen LogP contribution is 2.21. The lowest BCUT2D eigenvalue weighted by atomic mass is 10.1. The normalized spacial score (nSPS) is 21.0. The first-order valence-electron chi connectivity index (χ1n) is 3.71. The van der Waals surface area contributed by atoms with E-state index in [0.29, 0.717) is 6.54 Å². The number of aliphatic hydroxyl groups is 2. The van der Waals surface area contributed by atoms with Crippen LogP contribution in [-0.2, 0) is 0 Å². The van der Waals surface area contributed by atoms with Crippen LogP contribution in [0.1, 0.15) is 0 Å². The Kier molecular flexibility index (Phi) is 1.43. The fourth-order valence-electron chi connectivity index (χ4n) is 1.23. The van der Waals surface area contributed by atoms with Crippen molar-refractivity contribution in [3.05, 3.63) is 47.7 Å². The van der Waals surface area contributed by atoms with Gasteiger partial charge in [-0.05, 0) is 12.2 Å². The van der Waals surface area contributed by atoms with E-state index in [-0.39, 0.29) is 11.5 Å². The summed E-state index contributed by atoms with van der Waals surface area (Å²) in [5, 5.41) is 18.4. The maximum atomic E-state index is 9.20. The second-order valence-electron chi connectivity index (χ2n) is 2.73. The van der Waals surface area contributed by atoms with Crippen LogP contribution in [0.15, 0.2) is 47.7 Å². The van der Waals surface area contributed by atoms with Gasteiger partial charge >= 0.3 is 0 Å². The summed E-state index contributed by atoms with van der Waals surface area (Å²) in [5.41, 5.74) is 0.896. The largest absolute Gasteiger partial charge is 0.507 e. The molecule has 0 radical (unpaired) electrons. The summed E-state index contributed by atoms with van der Waals surface area (Å²) < 4.78 is 0. The molecular weight excluding hydrogens is 154 g/mol. The van der Waals surface area contributed by atoms with Crippen molar-refractivity contribution in [1.29, 1.82) is 0 Å². The summed E-state index contributed by atoms with van der Waals surface area (Å²) in [5.74, 6) is -0.0279. The molecule has 0 bridgehead atoms. The molecule has 2 rings (SSSR count). The Balaban J connectivity index is 2.38. The first-order chi connectivity index (χ1) is 5.77. The van der Waals surface area contributed by atoms with Gasteiger partial charge in [0.25, 0.3) is 0 Å². The summed E-state index contributed by atoms with van der Waals surface area (Å²) in [4.78, 5) is 1.86. The lowest BCUT2D eigenvalue weighted by Crippen LogP contribution is -2.24. The van der Waals surface area contributed by atoms with Gasteiger partial charge in [0.2, 0.25) is 0 Å². The van der Waals surface area contributed by atoms with Crippen LogP contribution in [-0.4, -0.2) is 21.7 Å². The lowest BCUT2D eigenvalue weighted by Gasteiger charge is -2.26. The van der Waals surface area contributed by atoms with Crippen molar-refractivity contribution in [3.8, 4) is 0 Å².